The molecule has 11 heavy (non-hydrogen) atoms. The normalized spacial score (nSPS) is 38.7. The highest BCUT2D eigenvalue weighted by Crippen LogP contribution is 2.35. The van der Waals surface area contributed by atoms with Gasteiger partial charge in [0.25, 0.3) is 0 Å². The molecule has 2 aliphatic rings. The SMILES string of the molecule is N/C=C1\C=CC2(CCCO2)O1. The van der Waals surface area contributed by atoms with Crippen LogP contribution in [0.15, 0.2) is 24.1 Å². The standard InChI is InChI=1S/C8H11NO2/c9-6-7-2-4-8(11-7)3-1-5-10-8/h2,4,6H,1,3,5,9H2/b7-6+. The van der Waals surface area contributed by atoms with Crippen molar-refractivity contribution in [1.29, 1.82) is 0 Å². The minimum absolute atomic E-state index is 0.467. The molecule has 1 fully saturated rings. The van der Waals surface area contributed by atoms with Crippen molar-refractivity contribution in [2.75, 3.05) is 6.61 Å². The second-order valence-electron chi connectivity index (χ2n) is 2.77. The molecular formula is C8H11NO2. The Bertz CT molecular complexity index is 214. The third-order valence-electron chi connectivity index (χ3n) is 1.97. The number of hydrogen-bond acceptors (Lipinski definition) is 3. The Morgan fingerprint density at radius 1 is 1.64 bits per heavy atom. The van der Waals surface area contributed by atoms with Gasteiger partial charge in [0.2, 0.25) is 5.79 Å². The first-order valence-corrected chi connectivity index (χ1v) is 3.79. The summed E-state index contributed by atoms with van der Waals surface area (Å²) in [6, 6.07) is 0. The monoisotopic (exact) mass is 153 g/mol. The van der Waals surface area contributed by atoms with E-state index >= 15 is 0 Å². The molecule has 0 aromatic heterocycles. The van der Waals surface area contributed by atoms with Crippen molar-refractivity contribution in [3.63, 3.8) is 0 Å². The van der Waals surface area contributed by atoms with Gasteiger partial charge in [-0.15, -0.1) is 0 Å². The van der Waals surface area contributed by atoms with Crippen LogP contribution in [0.25, 0.3) is 0 Å². The highest BCUT2D eigenvalue weighted by molar-refractivity contribution is 5.22. The number of hydrogen-bond donors (Lipinski definition) is 1. The Balaban J connectivity index is 2.15. The average molecular weight is 153 g/mol. The molecule has 1 atom stereocenters. The second-order valence-corrected chi connectivity index (χ2v) is 2.77. The zero-order valence-electron chi connectivity index (χ0n) is 6.25. The lowest BCUT2D eigenvalue weighted by Crippen LogP contribution is -2.24. The largest absolute Gasteiger partial charge is 0.457 e. The van der Waals surface area contributed by atoms with Gasteiger partial charge in [0, 0.05) is 12.6 Å². The summed E-state index contributed by atoms with van der Waals surface area (Å²) >= 11 is 0. The van der Waals surface area contributed by atoms with Gasteiger partial charge in [-0.25, -0.2) is 0 Å². The molecule has 0 amide bonds. The number of nitrogens with two attached hydrogens (primary N) is 1. The number of rotatable bonds is 0. The van der Waals surface area contributed by atoms with E-state index in [0.717, 1.165) is 19.4 Å². The smallest absolute Gasteiger partial charge is 0.230 e. The Hall–Kier alpha value is -0.960. The minimum Gasteiger partial charge on any atom is -0.457 e. The van der Waals surface area contributed by atoms with Gasteiger partial charge in [0.05, 0.1) is 6.61 Å². The molecule has 3 nitrogen and oxygen atoms in total. The van der Waals surface area contributed by atoms with Gasteiger partial charge in [-0.05, 0) is 18.6 Å². The van der Waals surface area contributed by atoms with Crippen molar-refractivity contribution >= 4 is 0 Å². The lowest BCUT2D eigenvalue weighted by atomic mass is 10.2. The van der Waals surface area contributed by atoms with E-state index in [1.165, 1.54) is 6.20 Å². The van der Waals surface area contributed by atoms with Crippen LogP contribution in [0.2, 0.25) is 0 Å². The summed E-state index contributed by atoms with van der Waals surface area (Å²) in [5.41, 5.74) is 5.29. The van der Waals surface area contributed by atoms with E-state index in [-0.39, 0.29) is 0 Å². The summed E-state index contributed by atoms with van der Waals surface area (Å²) in [6.45, 7) is 0.780. The Labute approximate surface area is 65.5 Å². The molecular weight excluding hydrogens is 142 g/mol. The fourth-order valence-corrected chi connectivity index (χ4v) is 1.41. The van der Waals surface area contributed by atoms with Gasteiger partial charge in [0.15, 0.2) is 0 Å². The van der Waals surface area contributed by atoms with Crippen LogP contribution >= 0.6 is 0 Å². The van der Waals surface area contributed by atoms with Crippen molar-refractivity contribution in [2.45, 2.75) is 18.6 Å². The third kappa shape index (κ3) is 1.01. The van der Waals surface area contributed by atoms with E-state index in [1.807, 2.05) is 12.2 Å². The number of ether oxygens (including phenoxy) is 2. The molecule has 2 rings (SSSR count). The Morgan fingerprint density at radius 2 is 2.55 bits per heavy atom. The van der Waals surface area contributed by atoms with E-state index in [4.69, 9.17) is 15.2 Å². The number of allylic oxidation sites excluding steroid dienone is 1. The van der Waals surface area contributed by atoms with Gasteiger partial charge in [-0.2, -0.15) is 0 Å². The summed E-state index contributed by atoms with van der Waals surface area (Å²) in [4.78, 5) is 0. The molecule has 1 spiro atoms. The van der Waals surface area contributed by atoms with Gasteiger partial charge in [0.1, 0.15) is 5.76 Å². The first kappa shape index (κ1) is 6.73. The van der Waals surface area contributed by atoms with Crippen LogP contribution in [0.5, 0.6) is 0 Å². The van der Waals surface area contributed by atoms with Crippen LogP contribution in [0.4, 0.5) is 0 Å². The molecule has 0 aliphatic carbocycles. The summed E-state index contributed by atoms with van der Waals surface area (Å²) in [5, 5.41) is 0. The Morgan fingerprint density at radius 3 is 3.09 bits per heavy atom. The highest BCUT2D eigenvalue weighted by atomic mass is 16.7. The molecule has 0 aromatic carbocycles. The minimum atomic E-state index is -0.467. The molecule has 0 bridgehead atoms. The van der Waals surface area contributed by atoms with Crippen molar-refractivity contribution in [2.24, 2.45) is 5.73 Å². The van der Waals surface area contributed by atoms with Crippen molar-refractivity contribution in [3.05, 3.63) is 24.1 Å². The first-order chi connectivity index (χ1) is 5.35. The Kier molecular flexibility index (Phi) is 1.39. The van der Waals surface area contributed by atoms with E-state index < -0.39 is 5.79 Å². The lowest BCUT2D eigenvalue weighted by molar-refractivity contribution is -0.135. The van der Waals surface area contributed by atoms with E-state index in [2.05, 4.69) is 0 Å². The van der Waals surface area contributed by atoms with Crippen molar-refractivity contribution in [3.8, 4) is 0 Å². The maximum absolute atomic E-state index is 5.46. The first-order valence-electron chi connectivity index (χ1n) is 3.79. The highest BCUT2D eigenvalue weighted by Gasteiger charge is 2.38. The molecule has 1 unspecified atom stereocenters. The molecule has 0 aromatic rings. The molecule has 2 N–H and O–H groups in total. The molecule has 1 saturated heterocycles. The summed E-state index contributed by atoms with van der Waals surface area (Å²) < 4.78 is 10.9. The van der Waals surface area contributed by atoms with Gasteiger partial charge < -0.3 is 15.2 Å². The van der Waals surface area contributed by atoms with E-state index in [1.54, 1.807) is 0 Å². The fraction of sp³-hybridized carbons (Fsp3) is 0.500. The summed E-state index contributed by atoms with van der Waals surface area (Å²) in [5.74, 6) is 0.234. The molecule has 0 saturated carbocycles. The summed E-state index contributed by atoms with van der Waals surface area (Å²) in [7, 11) is 0. The second kappa shape index (κ2) is 2.27. The predicted octanol–water partition coefficient (Wildman–Crippen LogP) is 0.880. The van der Waals surface area contributed by atoms with Crippen LogP contribution in [-0.4, -0.2) is 12.4 Å². The average Bonchev–Trinajstić information content (AvgIpc) is 2.62. The zero-order valence-corrected chi connectivity index (χ0v) is 6.25. The van der Waals surface area contributed by atoms with Crippen LogP contribution in [0.3, 0.4) is 0 Å². The van der Waals surface area contributed by atoms with Crippen LogP contribution in [0, 0.1) is 0 Å². The third-order valence-corrected chi connectivity index (χ3v) is 1.97. The topological polar surface area (TPSA) is 44.5 Å². The molecule has 3 heteroatoms. The lowest BCUT2D eigenvalue weighted by Gasteiger charge is -2.20. The maximum Gasteiger partial charge on any atom is 0.230 e. The predicted molar refractivity (Wildman–Crippen MR) is 40.4 cm³/mol. The van der Waals surface area contributed by atoms with Crippen molar-refractivity contribution in [1.82, 2.24) is 0 Å². The van der Waals surface area contributed by atoms with Gasteiger partial charge >= 0.3 is 0 Å². The molecule has 0 radical (unpaired) electrons. The van der Waals surface area contributed by atoms with Crippen molar-refractivity contribution < 1.29 is 9.47 Å². The van der Waals surface area contributed by atoms with Crippen LogP contribution in [-0.2, 0) is 9.47 Å². The van der Waals surface area contributed by atoms with E-state index in [0.29, 0.717) is 5.76 Å². The molecule has 2 aliphatic heterocycles. The van der Waals surface area contributed by atoms with Gasteiger partial charge in [-0.3, -0.25) is 0 Å². The van der Waals surface area contributed by atoms with Crippen LogP contribution in [0.1, 0.15) is 12.8 Å². The van der Waals surface area contributed by atoms with Crippen LogP contribution < -0.4 is 5.73 Å². The maximum atomic E-state index is 5.46. The van der Waals surface area contributed by atoms with E-state index in [9.17, 15) is 0 Å². The fourth-order valence-electron chi connectivity index (χ4n) is 1.41. The van der Waals surface area contributed by atoms with Gasteiger partial charge in [-0.1, -0.05) is 0 Å². The summed E-state index contributed by atoms with van der Waals surface area (Å²) in [6.07, 6.45) is 7.22. The zero-order chi connectivity index (χ0) is 7.73. The molecule has 60 valence electrons. The quantitative estimate of drug-likeness (QED) is 0.561. The molecule has 2 heterocycles.